The molecule has 1 fully saturated rings. The Morgan fingerprint density at radius 3 is 2.61 bits per heavy atom. The highest BCUT2D eigenvalue weighted by Gasteiger charge is 2.30. The number of amidine groups is 1. The van der Waals surface area contributed by atoms with Gasteiger partial charge in [-0.2, -0.15) is 5.10 Å². The van der Waals surface area contributed by atoms with Gasteiger partial charge < -0.3 is 14.5 Å². The van der Waals surface area contributed by atoms with Crippen molar-refractivity contribution in [3.63, 3.8) is 0 Å². The molecule has 0 radical (unpaired) electrons. The monoisotopic (exact) mass is 433 g/mol. The number of thioether (sulfide) groups is 1. The number of hydrogen-bond donors (Lipinski definition) is 1. The predicted octanol–water partition coefficient (Wildman–Crippen LogP) is 4.82. The molecule has 1 atom stereocenters. The minimum atomic E-state index is -0.233. The van der Waals surface area contributed by atoms with Crippen molar-refractivity contribution < 1.29 is 13.9 Å². The van der Waals surface area contributed by atoms with E-state index in [1.54, 1.807) is 0 Å². The molecule has 1 saturated heterocycles. The summed E-state index contributed by atoms with van der Waals surface area (Å²) < 4.78 is 11.3. The van der Waals surface area contributed by atoms with Gasteiger partial charge in [-0.15, -0.1) is 5.10 Å². The van der Waals surface area contributed by atoms with Crippen LogP contribution in [0, 0.1) is 6.92 Å². The molecule has 1 aromatic heterocycles. The van der Waals surface area contributed by atoms with Gasteiger partial charge >= 0.3 is 0 Å². The Morgan fingerprint density at radius 1 is 1.10 bits per heavy atom. The molecule has 0 saturated carbocycles. The van der Waals surface area contributed by atoms with Crippen LogP contribution in [-0.2, 0) is 11.2 Å². The van der Waals surface area contributed by atoms with Crippen molar-refractivity contribution in [2.75, 3.05) is 6.61 Å². The fourth-order valence-electron chi connectivity index (χ4n) is 3.12. The summed E-state index contributed by atoms with van der Waals surface area (Å²) in [6.45, 7) is 4.63. The first kappa shape index (κ1) is 20.9. The molecule has 1 unspecified atom stereocenters. The third-order valence-corrected chi connectivity index (χ3v) is 5.80. The van der Waals surface area contributed by atoms with E-state index in [1.807, 2.05) is 74.5 Å². The summed E-state index contributed by atoms with van der Waals surface area (Å²) >= 11 is 1.38. The minimum absolute atomic E-state index is 0.0625. The van der Waals surface area contributed by atoms with E-state index in [-0.39, 0.29) is 11.2 Å². The highest BCUT2D eigenvalue weighted by molar-refractivity contribution is 8.15. The van der Waals surface area contributed by atoms with Crippen LogP contribution in [0.25, 0.3) is 11.3 Å². The fourth-order valence-corrected chi connectivity index (χ4v) is 4.09. The largest absolute Gasteiger partial charge is 0.494 e. The first-order chi connectivity index (χ1) is 15.1. The van der Waals surface area contributed by atoms with Gasteiger partial charge in [0, 0.05) is 5.56 Å². The van der Waals surface area contributed by atoms with Crippen LogP contribution in [0.15, 0.2) is 75.3 Å². The van der Waals surface area contributed by atoms with Crippen molar-refractivity contribution >= 4 is 29.1 Å². The lowest BCUT2D eigenvalue weighted by Gasteiger charge is -2.07. The predicted molar refractivity (Wildman–Crippen MR) is 125 cm³/mol. The van der Waals surface area contributed by atoms with Crippen LogP contribution in [0.5, 0.6) is 5.75 Å². The lowest BCUT2D eigenvalue weighted by molar-refractivity contribution is -0.118. The SMILES string of the molecule is CCOc1ccc(CC2S/C(=N/N=C/c3ccc(-c4ccc(C)cc4)o3)NC2=O)cc1. The number of amides is 1. The van der Waals surface area contributed by atoms with E-state index in [9.17, 15) is 4.79 Å². The van der Waals surface area contributed by atoms with Crippen LogP contribution in [-0.4, -0.2) is 29.1 Å². The van der Waals surface area contributed by atoms with Crippen LogP contribution in [0.4, 0.5) is 0 Å². The molecule has 0 aliphatic carbocycles. The Labute approximate surface area is 185 Å². The number of ether oxygens (including phenoxy) is 1. The Bertz CT molecular complexity index is 1100. The molecule has 1 amide bonds. The molecule has 4 rings (SSSR count). The number of aryl methyl sites for hydroxylation is 1. The number of nitrogens with one attached hydrogen (secondary N) is 1. The highest BCUT2D eigenvalue weighted by Crippen LogP contribution is 2.25. The molecule has 1 aliphatic rings. The number of furan rings is 1. The van der Waals surface area contributed by atoms with Crippen molar-refractivity contribution in [2.24, 2.45) is 10.2 Å². The average Bonchev–Trinajstić information content (AvgIpc) is 3.37. The third kappa shape index (κ3) is 5.44. The maximum Gasteiger partial charge on any atom is 0.239 e. The van der Waals surface area contributed by atoms with Crippen LogP contribution in [0.1, 0.15) is 23.8 Å². The molecule has 31 heavy (non-hydrogen) atoms. The van der Waals surface area contributed by atoms with E-state index in [0.29, 0.717) is 24.0 Å². The minimum Gasteiger partial charge on any atom is -0.494 e. The molecule has 7 heteroatoms. The summed E-state index contributed by atoms with van der Waals surface area (Å²) in [5, 5.41) is 11.2. The van der Waals surface area contributed by atoms with Crippen LogP contribution >= 0.6 is 11.8 Å². The van der Waals surface area contributed by atoms with E-state index in [0.717, 1.165) is 22.6 Å². The molecule has 0 bridgehead atoms. The van der Waals surface area contributed by atoms with E-state index >= 15 is 0 Å². The number of carbonyl (C=O) groups is 1. The van der Waals surface area contributed by atoms with Crippen molar-refractivity contribution in [3.05, 3.63) is 77.6 Å². The molecule has 1 N–H and O–H groups in total. The smallest absolute Gasteiger partial charge is 0.239 e. The maximum absolute atomic E-state index is 12.3. The number of benzene rings is 2. The van der Waals surface area contributed by atoms with E-state index < -0.39 is 0 Å². The zero-order valence-electron chi connectivity index (χ0n) is 17.4. The molecule has 2 heterocycles. The normalized spacial score (nSPS) is 17.4. The molecular formula is C24H23N3O3S. The molecule has 0 spiro atoms. The number of hydrogen-bond acceptors (Lipinski definition) is 6. The fraction of sp³-hybridized carbons (Fsp3) is 0.208. The Balaban J connectivity index is 1.35. The summed E-state index contributed by atoms with van der Waals surface area (Å²) in [5.74, 6) is 2.13. The first-order valence-electron chi connectivity index (χ1n) is 10.1. The van der Waals surface area contributed by atoms with E-state index in [4.69, 9.17) is 9.15 Å². The van der Waals surface area contributed by atoms with Gasteiger partial charge in [0.2, 0.25) is 5.91 Å². The summed E-state index contributed by atoms with van der Waals surface area (Å²) in [5.41, 5.74) is 3.28. The molecule has 6 nitrogen and oxygen atoms in total. The lowest BCUT2D eigenvalue weighted by atomic mass is 10.1. The van der Waals surface area contributed by atoms with Gasteiger partial charge in [-0.3, -0.25) is 4.79 Å². The van der Waals surface area contributed by atoms with Gasteiger partial charge in [0.15, 0.2) is 5.17 Å². The summed E-state index contributed by atoms with van der Waals surface area (Å²) in [7, 11) is 0. The van der Waals surface area contributed by atoms with Gasteiger partial charge in [0.05, 0.1) is 18.1 Å². The van der Waals surface area contributed by atoms with Crippen LogP contribution in [0.3, 0.4) is 0 Å². The van der Waals surface area contributed by atoms with Crippen molar-refractivity contribution in [1.29, 1.82) is 0 Å². The van der Waals surface area contributed by atoms with Gasteiger partial charge in [-0.1, -0.05) is 53.7 Å². The summed E-state index contributed by atoms with van der Waals surface area (Å²) in [6.07, 6.45) is 2.15. The molecule has 2 aromatic carbocycles. The van der Waals surface area contributed by atoms with Gasteiger partial charge in [-0.25, -0.2) is 0 Å². The molecular weight excluding hydrogens is 410 g/mol. The van der Waals surface area contributed by atoms with Crippen molar-refractivity contribution in [1.82, 2.24) is 5.32 Å². The van der Waals surface area contributed by atoms with E-state index in [1.165, 1.54) is 23.5 Å². The first-order valence-corrected chi connectivity index (χ1v) is 11.0. The summed E-state index contributed by atoms with van der Waals surface area (Å²) in [6, 6.07) is 19.7. The zero-order chi connectivity index (χ0) is 21.6. The van der Waals surface area contributed by atoms with Gasteiger partial charge in [0.25, 0.3) is 0 Å². The second-order valence-electron chi connectivity index (χ2n) is 7.09. The number of nitrogens with zero attached hydrogens (tertiary/aromatic N) is 2. The van der Waals surface area contributed by atoms with Gasteiger partial charge in [-0.05, 0) is 50.1 Å². The average molecular weight is 434 g/mol. The van der Waals surface area contributed by atoms with Crippen LogP contribution < -0.4 is 10.1 Å². The molecule has 1 aliphatic heterocycles. The van der Waals surface area contributed by atoms with Crippen molar-refractivity contribution in [2.45, 2.75) is 25.5 Å². The second kappa shape index (κ2) is 9.66. The Kier molecular flexibility index (Phi) is 6.52. The Hall–Kier alpha value is -3.32. The topological polar surface area (TPSA) is 76.2 Å². The zero-order valence-corrected chi connectivity index (χ0v) is 18.2. The summed E-state index contributed by atoms with van der Waals surface area (Å²) in [4.78, 5) is 12.3. The molecule has 3 aromatic rings. The number of rotatable bonds is 7. The van der Waals surface area contributed by atoms with E-state index in [2.05, 4.69) is 15.5 Å². The second-order valence-corrected chi connectivity index (χ2v) is 8.29. The number of carbonyl (C=O) groups excluding carboxylic acids is 1. The standard InChI is InChI=1S/C24H23N3O3S/c1-3-29-19-10-6-17(7-11-19)14-22-23(28)26-24(31-22)27-25-15-20-12-13-21(30-20)18-8-4-16(2)5-9-18/h4-13,15,22H,3,14H2,1-2H3,(H,26,27,28)/b25-15+. The Morgan fingerprint density at radius 2 is 1.87 bits per heavy atom. The third-order valence-electron chi connectivity index (χ3n) is 4.73. The molecule has 158 valence electrons. The maximum atomic E-state index is 12.3. The quantitative estimate of drug-likeness (QED) is 0.428. The van der Waals surface area contributed by atoms with Gasteiger partial charge in [0.1, 0.15) is 17.3 Å². The van der Waals surface area contributed by atoms with Crippen molar-refractivity contribution in [3.8, 4) is 17.1 Å². The van der Waals surface area contributed by atoms with Crippen LogP contribution in [0.2, 0.25) is 0 Å². The highest BCUT2D eigenvalue weighted by atomic mass is 32.2. The lowest BCUT2D eigenvalue weighted by Crippen LogP contribution is -2.25.